The van der Waals surface area contributed by atoms with Crippen molar-refractivity contribution >= 4 is 12.0 Å². The lowest BCUT2D eigenvalue weighted by Gasteiger charge is -2.13. The zero-order valence-corrected chi connectivity index (χ0v) is 11.3. The van der Waals surface area contributed by atoms with Crippen molar-refractivity contribution in [2.75, 3.05) is 0 Å². The summed E-state index contributed by atoms with van der Waals surface area (Å²) in [5.74, 6) is -1.11. The van der Waals surface area contributed by atoms with Crippen LogP contribution in [0.4, 0.5) is 4.79 Å². The van der Waals surface area contributed by atoms with Crippen molar-refractivity contribution in [1.82, 2.24) is 5.32 Å². The van der Waals surface area contributed by atoms with Gasteiger partial charge < -0.3 is 16.2 Å². The van der Waals surface area contributed by atoms with Crippen molar-refractivity contribution < 1.29 is 14.7 Å². The summed E-state index contributed by atoms with van der Waals surface area (Å²) in [6.07, 6.45) is 0.188. The highest BCUT2D eigenvalue weighted by atomic mass is 16.4. The minimum absolute atomic E-state index is 0.188. The Labute approximate surface area is 122 Å². The van der Waals surface area contributed by atoms with Gasteiger partial charge in [0.25, 0.3) is 0 Å². The molecule has 0 aromatic heterocycles. The minimum atomic E-state index is -1.11. The summed E-state index contributed by atoms with van der Waals surface area (Å²) in [5, 5.41) is 11.3. The molecule has 0 fully saturated rings. The SMILES string of the molecule is NC(=O)NC(Cc1ccc(-c2ccccc2)cc1)C(=O)O. The summed E-state index contributed by atoms with van der Waals surface area (Å²) in [5.41, 5.74) is 7.93. The number of amides is 2. The minimum Gasteiger partial charge on any atom is -0.480 e. The van der Waals surface area contributed by atoms with E-state index in [1.807, 2.05) is 54.6 Å². The Morgan fingerprint density at radius 1 is 1.00 bits per heavy atom. The van der Waals surface area contributed by atoms with Crippen LogP contribution in [0.15, 0.2) is 54.6 Å². The van der Waals surface area contributed by atoms with E-state index in [-0.39, 0.29) is 6.42 Å². The molecule has 5 nitrogen and oxygen atoms in total. The number of hydrogen-bond acceptors (Lipinski definition) is 2. The van der Waals surface area contributed by atoms with Crippen LogP contribution in [0.1, 0.15) is 5.56 Å². The predicted octanol–water partition coefficient (Wildman–Crippen LogP) is 2.02. The molecule has 2 aromatic rings. The Morgan fingerprint density at radius 3 is 2.10 bits per heavy atom. The van der Waals surface area contributed by atoms with Gasteiger partial charge >= 0.3 is 12.0 Å². The van der Waals surface area contributed by atoms with E-state index in [4.69, 9.17) is 10.8 Å². The first-order chi connectivity index (χ1) is 10.1. The van der Waals surface area contributed by atoms with Gasteiger partial charge in [0, 0.05) is 6.42 Å². The van der Waals surface area contributed by atoms with Crippen LogP contribution in [-0.2, 0) is 11.2 Å². The summed E-state index contributed by atoms with van der Waals surface area (Å²) in [6.45, 7) is 0. The molecule has 0 spiro atoms. The Kier molecular flexibility index (Phi) is 4.56. The molecule has 1 atom stereocenters. The number of carboxylic acid groups (broad SMARTS) is 1. The lowest BCUT2D eigenvalue weighted by Crippen LogP contribution is -2.44. The van der Waals surface area contributed by atoms with Crippen LogP contribution in [0.25, 0.3) is 11.1 Å². The van der Waals surface area contributed by atoms with Gasteiger partial charge in [-0.05, 0) is 16.7 Å². The average Bonchev–Trinajstić information content (AvgIpc) is 2.48. The van der Waals surface area contributed by atoms with E-state index >= 15 is 0 Å². The molecule has 2 rings (SSSR count). The standard InChI is InChI=1S/C16H16N2O3/c17-16(21)18-14(15(19)20)10-11-6-8-13(9-7-11)12-4-2-1-3-5-12/h1-9,14H,10H2,(H,19,20)(H3,17,18,21). The largest absolute Gasteiger partial charge is 0.480 e. The molecule has 2 amide bonds. The van der Waals surface area contributed by atoms with Gasteiger partial charge in [0.1, 0.15) is 6.04 Å². The first kappa shape index (κ1) is 14.6. The number of carbonyl (C=O) groups excluding carboxylic acids is 1. The highest BCUT2D eigenvalue weighted by Crippen LogP contribution is 2.19. The van der Waals surface area contributed by atoms with E-state index in [0.717, 1.165) is 16.7 Å². The molecular weight excluding hydrogens is 268 g/mol. The Hall–Kier alpha value is -2.82. The summed E-state index contributed by atoms with van der Waals surface area (Å²) >= 11 is 0. The normalized spacial score (nSPS) is 11.6. The quantitative estimate of drug-likeness (QED) is 0.784. The maximum atomic E-state index is 11.1. The van der Waals surface area contributed by atoms with Crippen molar-refractivity contribution in [2.45, 2.75) is 12.5 Å². The first-order valence-electron chi connectivity index (χ1n) is 6.49. The fourth-order valence-electron chi connectivity index (χ4n) is 2.07. The van der Waals surface area contributed by atoms with E-state index in [2.05, 4.69) is 5.32 Å². The third-order valence-electron chi connectivity index (χ3n) is 3.12. The molecule has 2 aromatic carbocycles. The highest BCUT2D eigenvalue weighted by molar-refractivity contribution is 5.81. The van der Waals surface area contributed by atoms with Crippen LogP contribution >= 0.6 is 0 Å². The number of aliphatic carboxylic acids is 1. The van der Waals surface area contributed by atoms with E-state index in [0.29, 0.717) is 0 Å². The molecule has 0 saturated carbocycles. The Morgan fingerprint density at radius 2 is 1.57 bits per heavy atom. The molecule has 0 heterocycles. The second-order valence-corrected chi connectivity index (χ2v) is 4.67. The van der Waals surface area contributed by atoms with Gasteiger partial charge in [0.15, 0.2) is 0 Å². The van der Waals surface area contributed by atoms with Gasteiger partial charge in [-0.15, -0.1) is 0 Å². The van der Waals surface area contributed by atoms with Gasteiger partial charge in [0.2, 0.25) is 0 Å². The lowest BCUT2D eigenvalue weighted by molar-refractivity contribution is -0.139. The third-order valence-corrected chi connectivity index (χ3v) is 3.12. The van der Waals surface area contributed by atoms with Gasteiger partial charge in [-0.1, -0.05) is 54.6 Å². The summed E-state index contributed by atoms with van der Waals surface area (Å²) in [4.78, 5) is 21.8. The van der Waals surface area contributed by atoms with Crippen molar-refractivity contribution in [3.63, 3.8) is 0 Å². The van der Waals surface area contributed by atoms with Gasteiger partial charge in [0.05, 0.1) is 0 Å². The first-order valence-corrected chi connectivity index (χ1v) is 6.49. The molecule has 5 heteroatoms. The summed E-state index contributed by atoms with van der Waals surface area (Å²) in [6, 6.07) is 15.6. The number of rotatable bonds is 5. The summed E-state index contributed by atoms with van der Waals surface area (Å²) < 4.78 is 0. The van der Waals surface area contributed by atoms with Crippen LogP contribution in [0.5, 0.6) is 0 Å². The van der Waals surface area contributed by atoms with E-state index in [1.54, 1.807) is 0 Å². The van der Waals surface area contributed by atoms with Crippen LogP contribution in [0.3, 0.4) is 0 Å². The maximum Gasteiger partial charge on any atom is 0.326 e. The monoisotopic (exact) mass is 284 g/mol. The second kappa shape index (κ2) is 6.56. The van der Waals surface area contributed by atoms with Crippen molar-refractivity contribution in [1.29, 1.82) is 0 Å². The fraction of sp³-hybridized carbons (Fsp3) is 0.125. The number of nitrogens with one attached hydrogen (secondary N) is 1. The molecule has 1 unspecified atom stereocenters. The smallest absolute Gasteiger partial charge is 0.326 e. The lowest BCUT2D eigenvalue weighted by atomic mass is 10.0. The van der Waals surface area contributed by atoms with Crippen LogP contribution in [0, 0.1) is 0 Å². The van der Waals surface area contributed by atoms with Crippen molar-refractivity contribution in [3.8, 4) is 11.1 Å². The predicted molar refractivity (Wildman–Crippen MR) is 79.7 cm³/mol. The van der Waals surface area contributed by atoms with Crippen molar-refractivity contribution in [2.24, 2.45) is 5.73 Å². The third kappa shape index (κ3) is 4.07. The zero-order chi connectivity index (χ0) is 15.2. The average molecular weight is 284 g/mol. The highest BCUT2D eigenvalue weighted by Gasteiger charge is 2.19. The van der Waals surface area contributed by atoms with Crippen LogP contribution in [0.2, 0.25) is 0 Å². The number of benzene rings is 2. The number of carbonyl (C=O) groups is 2. The number of carboxylic acids is 1. The fourth-order valence-corrected chi connectivity index (χ4v) is 2.07. The van der Waals surface area contributed by atoms with Gasteiger partial charge in [-0.3, -0.25) is 0 Å². The molecule has 0 bridgehead atoms. The maximum absolute atomic E-state index is 11.1. The molecular formula is C16H16N2O3. The Bertz CT molecular complexity index is 624. The molecule has 0 aliphatic heterocycles. The molecule has 108 valence electrons. The zero-order valence-electron chi connectivity index (χ0n) is 11.3. The molecule has 4 N–H and O–H groups in total. The number of urea groups is 1. The number of hydrogen-bond donors (Lipinski definition) is 3. The van der Waals surface area contributed by atoms with E-state index in [9.17, 15) is 9.59 Å². The molecule has 21 heavy (non-hydrogen) atoms. The van der Waals surface area contributed by atoms with Crippen molar-refractivity contribution in [3.05, 3.63) is 60.2 Å². The summed E-state index contributed by atoms with van der Waals surface area (Å²) in [7, 11) is 0. The Balaban J connectivity index is 2.11. The topological polar surface area (TPSA) is 92.4 Å². The number of primary amides is 1. The molecule has 0 radical (unpaired) electrons. The molecule has 0 saturated heterocycles. The van der Waals surface area contributed by atoms with Crippen LogP contribution < -0.4 is 11.1 Å². The van der Waals surface area contributed by atoms with E-state index < -0.39 is 18.0 Å². The van der Waals surface area contributed by atoms with Gasteiger partial charge in [-0.25, -0.2) is 9.59 Å². The van der Waals surface area contributed by atoms with Gasteiger partial charge in [-0.2, -0.15) is 0 Å². The van der Waals surface area contributed by atoms with E-state index in [1.165, 1.54) is 0 Å². The molecule has 0 aliphatic carbocycles. The van der Waals surface area contributed by atoms with Crippen LogP contribution in [-0.4, -0.2) is 23.1 Å². The second-order valence-electron chi connectivity index (χ2n) is 4.67. The number of nitrogens with two attached hydrogens (primary N) is 1. The molecule has 0 aliphatic rings.